The lowest BCUT2D eigenvalue weighted by Gasteiger charge is -2.14. The predicted octanol–water partition coefficient (Wildman–Crippen LogP) is 3.91. The third-order valence-corrected chi connectivity index (χ3v) is 6.20. The zero-order chi connectivity index (χ0) is 23.0. The average Bonchev–Trinajstić information content (AvgIpc) is 3.52. The van der Waals surface area contributed by atoms with Crippen molar-refractivity contribution < 1.29 is 8.42 Å². The van der Waals surface area contributed by atoms with Crippen LogP contribution in [0.3, 0.4) is 0 Å². The Morgan fingerprint density at radius 1 is 1.15 bits per heavy atom. The van der Waals surface area contributed by atoms with Crippen LogP contribution in [0.4, 0.5) is 23.1 Å². The number of aromatic nitrogens is 4. The zero-order valence-electron chi connectivity index (χ0n) is 17.9. The number of nitrogens with one attached hydrogen (secondary N) is 2. The van der Waals surface area contributed by atoms with Gasteiger partial charge in [-0.3, -0.25) is 0 Å². The minimum absolute atomic E-state index is 0.00545. The molecule has 0 atom stereocenters. The molecule has 3 aromatic heterocycles. The van der Waals surface area contributed by atoms with Gasteiger partial charge in [-0.2, -0.15) is 14.9 Å². The first-order chi connectivity index (χ1) is 15.9. The van der Waals surface area contributed by atoms with Crippen LogP contribution >= 0.6 is 0 Å². The second-order valence-electron chi connectivity index (χ2n) is 8.16. The van der Waals surface area contributed by atoms with Gasteiger partial charge in [0.25, 0.3) is 0 Å². The van der Waals surface area contributed by atoms with Crippen LogP contribution in [0.1, 0.15) is 35.4 Å². The van der Waals surface area contributed by atoms with Crippen molar-refractivity contribution >= 4 is 38.6 Å². The molecule has 33 heavy (non-hydrogen) atoms. The predicted molar refractivity (Wildman–Crippen MR) is 125 cm³/mol. The Labute approximate surface area is 191 Å². The van der Waals surface area contributed by atoms with Gasteiger partial charge in [-0.05, 0) is 54.2 Å². The molecule has 0 amide bonds. The molecule has 10 heteroatoms. The van der Waals surface area contributed by atoms with Gasteiger partial charge in [-0.15, -0.1) is 0 Å². The summed E-state index contributed by atoms with van der Waals surface area (Å²) in [5.41, 5.74) is 3.35. The summed E-state index contributed by atoms with van der Waals surface area (Å²) in [6.07, 6.45) is 6.56. The van der Waals surface area contributed by atoms with Crippen molar-refractivity contribution in [1.82, 2.24) is 19.6 Å². The maximum atomic E-state index is 12.0. The quantitative estimate of drug-likeness (QED) is 0.426. The van der Waals surface area contributed by atoms with Gasteiger partial charge in [-0.1, -0.05) is 12.1 Å². The molecule has 1 saturated carbocycles. The van der Waals surface area contributed by atoms with Gasteiger partial charge in [0.1, 0.15) is 29.1 Å². The van der Waals surface area contributed by atoms with Gasteiger partial charge in [0.05, 0.1) is 11.9 Å². The number of anilines is 4. The Bertz CT molecular complexity index is 1490. The van der Waals surface area contributed by atoms with E-state index in [0.717, 1.165) is 29.7 Å². The highest BCUT2D eigenvalue weighted by Gasteiger charge is 2.27. The molecule has 2 N–H and O–H groups in total. The molecule has 0 unspecified atom stereocenters. The maximum Gasteiger partial charge on any atom is 0.177 e. The first-order valence-electron chi connectivity index (χ1n) is 10.4. The molecule has 4 aromatic rings. The van der Waals surface area contributed by atoms with Gasteiger partial charge in [0, 0.05) is 24.2 Å². The number of hydrogen-bond donors (Lipinski definition) is 2. The fourth-order valence-corrected chi connectivity index (χ4v) is 4.61. The number of sulfone groups is 1. The van der Waals surface area contributed by atoms with Crippen molar-refractivity contribution in [3.8, 4) is 6.07 Å². The molecule has 5 rings (SSSR count). The molecule has 0 spiro atoms. The lowest BCUT2D eigenvalue weighted by Crippen LogP contribution is -2.06. The van der Waals surface area contributed by atoms with Crippen LogP contribution in [0.5, 0.6) is 0 Å². The molecule has 0 aliphatic heterocycles. The first kappa shape index (κ1) is 20.9. The molecule has 1 fully saturated rings. The number of hydrogen-bond acceptors (Lipinski definition) is 8. The zero-order valence-corrected chi connectivity index (χ0v) is 18.7. The van der Waals surface area contributed by atoms with E-state index in [1.165, 1.54) is 12.5 Å². The molecule has 9 nitrogen and oxygen atoms in total. The van der Waals surface area contributed by atoms with Crippen LogP contribution < -0.4 is 10.6 Å². The van der Waals surface area contributed by atoms with E-state index in [-0.39, 0.29) is 5.75 Å². The Morgan fingerprint density at radius 3 is 2.70 bits per heavy atom. The fourth-order valence-electron chi connectivity index (χ4n) is 3.79. The molecule has 3 heterocycles. The first-order valence-corrected chi connectivity index (χ1v) is 12.5. The number of pyridine rings is 1. The van der Waals surface area contributed by atoms with Crippen LogP contribution in [0.2, 0.25) is 0 Å². The molecule has 0 bridgehead atoms. The molecule has 0 saturated heterocycles. The van der Waals surface area contributed by atoms with E-state index in [9.17, 15) is 13.7 Å². The smallest absolute Gasteiger partial charge is 0.177 e. The molecule has 0 radical (unpaired) electrons. The summed E-state index contributed by atoms with van der Waals surface area (Å²) in [5, 5.41) is 20.2. The second-order valence-corrected chi connectivity index (χ2v) is 10.3. The summed E-state index contributed by atoms with van der Waals surface area (Å²) in [5.74, 6) is 2.11. The van der Waals surface area contributed by atoms with Gasteiger partial charge in [-0.25, -0.2) is 18.4 Å². The fraction of sp³-hybridized carbons (Fsp3) is 0.217. The van der Waals surface area contributed by atoms with E-state index in [1.807, 2.05) is 36.4 Å². The van der Waals surface area contributed by atoms with Crippen LogP contribution in [-0.2, 0) is 15.6 Å². The molecular formula is C23H21N7O2S. The monoisotopic (exact) mass is 459 g/mol. The number of benzene rings is 1. The average molecular weight is 460 g/mol. The van der Waals surface area contributed by atoms with Crippen molar-refractivity contribution in [1.29, 1.82) is 5.26 Å². The van der Waals surface area contributed by atoms with Crippen LogP contribution in [0.25, 0.3) is 5.65 Å². The van der Waals surface area contributed by atoms with Crippen molar-refractivity contribution in [2.24, 2.45) is 0 Å². The second kappa shape index (κ2) is 8.18. The van der Waals surface area contributed by atoms with Crippen LogP contribution in [0, 0.1) is 11.3 Å². The third kappa shape index (κ3) is 4.63. The van der Waals surface area contributed by atoms with E-state index in [0.29, 0.717) is 34.6 Å². The maximum absolute atomic E-state index is 12.0. The lowest BCUT2D eigenvalue weighted by molar-refractivity contribution is 0.601. The van der Waals surface area contributed by atoms with Gasteiger partial charge in [0.15, 0.2) is 15.5 Å². The summed E-state index contributed by atoms with van der Waals surface area (Å²) in [7, 11) is -3.17. The highest BCUT2D eigenvalue weighted by atomic mass is 32.2. The van der Waals surface area contributed by atoms with Crippen LogP contribution in [-0.4, -0.2) is 34.3 Å². The number of fused-ring (bicyclic) bond motifs is 1. The SMILES string of the molecule is CS(=O)(=O)Cc1cc(Nc2cc(Nc3ccccn3)n3ncc(C#N)c3n2)ccc1C1CC1. The van der Waals surface area contributed by atoms with Gasteiger partial charge >= 0.3 is 0 Å². The van der Waals surface area contributed by atoms with E-state index in [4.69, 9.17) is 0 Å². The van der Waals surface area contributed by atoms with E-state index in [1.54, 1.807) is 16.8 Å². The van der Waals surface area contributed by atoms with Crippen molar-refractivity contribution in [2.45, 2.75) is 24.5 Å². The van der Waals surface area contributed by atoms with E-state index < -0.39 is 9.84 Å². The highest BCUT2D eigenvalue weighted by molar-refractivity contribution is 7.89. The van der Waals surface area contributed by atoms with E-state index >= 15 is 0 Å². The Balaban J connectivity index is 1.53. The Hall–Kier alpha value is -3.97. The van der Waals surface area contributed by atoms with Crippen molar-refractivity contribution in [3.05, 3.63) is 71.5 Å². The van der Waals surface area contributed by atoms with Crippen molar-refractivity contribution in [2.75, 3.05) is 16.9 Å². The topological polar surface area (TPSA) is 125 Å². The summed E-state index contributed by atoms with van der Waals surface area (Å²) in [6, 6.07) is 15.2. The minimum Gasteiger partial charge on any atom is -0.340 e. The lowest BCUT2D eigenvalue weighted by atomic mass is 10.0. The summed E-state index contributed by atoms with van der Waals surface area (Å²) >= 11 is 0. The molecule has 1 aromatic carbocycles. The molecule has 1 aliphatic carbocycles. The number of nitriles is 1. The highest BCUT2D eigenvalue weighted by Crippen LogP contribution is 2.42. The summed E-state index contributed by atoms with van der Waals surface area (Å²) < 4.78 is 25.5. The largest absolute Gasteiger partial charge is 0.340 e. The van der Waals surface area contributed by atoms with Gasteiger partial charge in [0.2, 0.25) is 0 Å². The molecular weight excluding hydrogens is 438 g/mol. The Morgan fingerprint density at radius 2 is 2.00 bits per heavy atom. The Kier molecular flexibility index (Phi) is 5.18. The number of rotatable bonds is 7. The summed E-state index contributed by atoms with van der Waals surface area (Å²) in [6.45, 7) is 0. The van der Waals surface area contributed by atoms with Gasteiger partial charge < -0.3 is 10.6 Å². The normalized spacial score (nSPS) is 13.6. The van der Waals surface area contributed by atoms with Crippen LogP contribution in [0.15, 0.2) is 54.9 Å². The third-order valence-electron chi connectivity index (χ3n) is 5.36. The van der Waals surface area contributed by atoms with Crippen molar-refractivity contribution in [3.63, 3.8) is 0 Å². The number of nitrogens with zero attached hydrogens (tertiary/aromatic N) is 5. The standard InChI is InChI=1S/C23H21N7O2S/c1-33(31,32)14-16-10-18(7-8-19(16)15-5-6-15)27-21-11-22(28-20-4-2-3-9-25-20)30-23(29-21)17(12-24)13-26-30/h2-4,7-11,13,15H,5-6,14H2,1H3,(H,25,28)(H,27,29). The minimum atomic E-state index is -3.17. The molecule has 1 aliphatic rings. The summed E-state index contributed by atoms with van der Waals surface area (Å²) in [4.78, 5) is 8.85. The molecule has 166 valence electrons. The van der Waals surface area contributed by atoms with E-state index in [2.05, 4.69) is 31.8 Å².